The topological polar surface area (TPSA) is 78.0 Å². The normalized spacial score (nSPS) is 22.1. The first-order chi connectivity index (χ1) is 8.97. The highest BCUT2D eigenvalue weighted by Crippen LogP contribution is 2.25. The lowest BCUT2D eigenvalue weighted by molar-refractivity contribution is 0.566. The van der Waals surface area contributed by atoms with E-state index in [0.717, 1.165) is 29.7 Å². The minimum absolute atomic E-state index is 0.277. The Hall–Kier alpha value is -1.56. The molecule has 6 heteroatoms. The lowest BCUT2D eigenvalue weighted by Gasteiger charge is -2.12. The molecule has 2 aromatic rings. The first kappa shape index (κ1) is 12.5. The van der Waals surface area contributed by atoms with E-state index in [-0.39, 0.29) is 5.25 Å². The van der Waals surface area contributed by atoms with Crippen molar-refractivity contribution in [3.05, 3.63) is 24.0 Å². The highest BCUT2D eigenvalue weighted by molar-refractivity contribution is 7.92. The van der Waals surface area contributed by atoms with Gasteiger partial charge in [-0.15, -0.1) is 0 Å². The molecular formula is C13H17N3O2S. The third-order valence-electron chi connectivity index (χ3n) is 3.81. The largest absolute Gasteiger partial charge is 0.399 e. The van der Waals surface area contributed by atoms with E-state index in [2.05, 4.69) is 4.98 Å². The van der Waals surface area contributed by atoms with Gasteiger partial charge in [-0.05, 0) is 38.0 Å². The molecule has 0 bridgehead atoms. The number of rotatable bonds is 2. The molecule has 1 aliphatic heterocycles. The van der Waals surface area contributed by atoms with Gasteiger partial charge in [-0.25, -0.2) is 13.4 Å². The first-order valence-electron chi connectivity index (χ1n) is 6.41. The summed E-state index contributed by atoms with van der Waals surface area (Å²) in [7, 11) is -2.93. The molecule has 0 saturated carbocycles. The fraction of sp³-hybridized carbons (Fsp3) is 0.462. The Labute approximate surface area is 112 Å². The van der Waals surface area contributed by atoms with Crippen molar-refractivity contribution in [1.29, 1.82) is 0 Å². The molecule has 1 atom stereocenters. The number of aromatic nitrogens is 2. The number of nitrogens with zero attached hydrogens (tertiary/aromatic N) is 2. The van der Waals surface area contributed by atoms with Gasteiger partial charge in [0, 0.05) is 12.2 Å². The van der Waals surface area contributed by atoms with Crippen molar-refractivity contribution in [2.75, 3.05) is 11.5 Å². The van der Waals surface area contributed by atoms with Crippen molar-refractivity contribution >= 4 is 26.6 Å². The number of anilines is 1. The number of hydrogen-bond acceptors (Lipinski definition) is 4. The summed E-state index contributed by atoms with van der Waals surface area (Å²) in [6.45, 7) is 2.40. The average Bonchev–Trinajstić information content (AvgIpc) is 2.80. The average molecular weight is 279 g/mol. The molecule has 0 aliphatic carbocycles. The van der Waals surface area contributed by atoms with Crippen molar-refractivity contribution in [3.63, 3.8) is 0 Å². The summed E-state index contributed by atoms with van der Waals surface area (Å²) in [5.74, 6) is 1.15. The van der Waals surface area contributed by atoms with Crippen LogP contribution in [0, 0.1) is 6.92 Å². The summed E-state index contributed by atoms with van der Waals surface area (Å²) in [4.78, 5) is 4.45. The van der Waals surface area contributed by atoms with Gasteiger partial charge < -0.3 is 10.3 Å². The molecule has 1 aliphatic rings. The summed E-state index contributed by atoms with van der Waals surface area (Å²) in [5, 5.41) is -0.277. The fourth-order valence-electron chi connectivity index (χ4n) is 2.76. The van der Waals surface area contributed by atoms with Crippen LogP contribution in [0.15, 0.2) is 18.2 Å². The molecule has 0 radical (unpaired) electrons. The second kappa shape index (κ2) is 4.23. The molecule has 1 unspecified atom stereocenters. The maximum atomic E-state index is 11.9. The van der Waals surface area contributed by atoms with Crippen molar-refractivity contribution in [2.45, 2.75) is 31.6 Å². The predicted molar refractivity (Wildman–Crippen MR) is 75.7 cm³/mol. The van der Waals surface area contributed by atoms with Gasteiger partial charge in [0.15, 0.2) is 9.84 Å². The first-order valence-corrected chi connectivity index (χ1v) is 8.13. The summed E-state index contributed by atoms with van der Waals surface area (Å²) < 4.78 is 25.9. The third-order valence-corrected chi connectivity index (χ3v) is 6.07. The molecule has 2 N–H and O–H groups in total. The molecule has 2 heterocycles. The Morgan fingerprint density at radius 2 is 2.26 bits per heavy atom. The van der Waals surface area contributed by atoms with E-state index in [4.69, 9.17) is 5.73 Å². The van der Waals surface area contributed by atoms with E-state index in [0.29, 0.717) is 18.0 Å². The minimum atomic E-state index is -2.93. The van der Waals surface area contributed by atoms with Gasteiger partial charge in [0.05, 0.1) is 22.0 Å². The van der Waals surface area contributed by atoms with Gasteiger partial charge in [-0.1, -0.05) is 0 Å². The standard InChI is InChI=1S/C13H17N3O2S/c1-9-15-12-7-10(14)4-5-13(12)16(9)8-11-3-2-6-19(11,17)18/h4-5,7,11H,2-3,6,8,14H2,1H3. The van der Waals surface area contributed by atoms with Gasteiger partial charge in [0.25, 0.3) is 0 Å². The Morgan fingerprint density at radius 1 is 1.47 bits per heavy atom. The molecule has 0 spiro atoms. The Morgan fingerprint density at radius 3 is 2.95 bits per heavy atom. The molecular weight excluding hydrogens is 262 g/mol. The van der Waals surface area contributed by atoms with Gasteiger partial charge in [-0.2, -0.15) is 0 Å². The molecule has 102 valence electrons. The lowest BCUT2D eigenvalue weighted by atomic mass is 10.2. The lowest BCUT2D eigenvalue weighted by Crippen LogP contribution is -2.22. The SMILES string of the molecule is Cc1nc2cc(N)ccc2n1CC1CCCS1(=O)=O. The van der Waals surface area contributed by atoms with Crippen LogP contribution in [0.4, 0.5) is 5.69 Å². The zero-order valence-corrected chi connectivity index (χ0v) is 11.7. The van der Waals surface area contributed by atoms with Gasteiger partial charge >= 0.3 is 0 Å². The maximum absolute atomic E-state index is 11.9. The van der Waals surface area contributed by atoms with E-state index < -0.39 is 9.84 Å². The number of nitrogens with two attached hydrogens (primary N) is 1. The molecule has 0 amide bonds. The second-order valence-electron chi connectivity index (χ2n) is 5.15. The number of fused-ring (bicyclic) bond motifs is 1. The van der Waals surface area contributed by atoms with E-state index in [1.807, 2.05) is 29.7 Å². The van der Waals surface area contributed by atoms with Crippen molar-refractivity contribution in [2.24, 2.45) is 0 Å². The monoisotopic (exact) mass is 279 g/mol. The molecule has 1 aromatic heterocycles. The van der Waals surface area contributed by atoms with Crippen LogP contribution in [-0.4, -0.2) is 29.0 Å². The molecule has 3 rings (SSSR count). The van der Waals surface area contributed by atoms with Gasteiger partial charge in [-0.3, -0.25) is 0 Å². The van der Waals surface area contributed by atoms with Crippen molar-refractivity contribution < 1.29 is 8.42 Å². The van der Waals surface area contributed by atoms with Crippen LogP contribution in [0.25, 0.3) is 11.0 Å². The van der Waals surface area contributed by atoms with E-state index >= 15 is 0 Å². The molecule has 1 fully saturated rings. The predicted octanol–water partition coefficient (Wildman–Crippen LogP) is 1.50. The number of sulfone groups is 1. The van der Waals surface area contributed by atoms with Crippen LogP contribution in [0.5, 0.6) is 0 Å². The number of aryl methyl sites for hydroxylation is 1. The van der Waals surface area contributed by atoms with Gasteiger partial charge in [0.1, 0.15) is 5.82 Å². The Balaban J connectivity index is 2.03. The summed E-state index contributed by atoms with van der Waals surface area (Å²) in [6.07, 6.45) is 1.52. The Bertz CT molecular complexity index is 734. The van der Waals surface area contributed by atoms with Crippen molar-refractivity contribution in [1.82, 2.24) is 9.55 Å². The van der Waals surface area contributed by atoms with E-state index in [1.165, 1.54) is 0 Å². The van der Waals surface area contributed by atoms with E-state index in [1.54, 1.807) is 0 Å². The van der Waals surface area contributed by atoms with Crippen LogP contribution in [0.2, 0.25) is 0 Å². The van der Waals surface area contributed by atoms with Crippen LogP contribution in [-0.2, 0) is 16.4 Å². The minimum Gasteiger partial charge on any atom is -0.399 e. The van der Waals surface area contributed by atoms with Crippen molar-refractivity contribution in [3.8, 4) is 0 Å². The van der Waals surface area contributed by atoms with Crippen LogP contribution < -0.4 is 5.73 Å². The highest BCUT2D eigenvalue weighted by atomic mass is 32.2. The number of benzene rings is 1. The zero-order valence-electron chi connectivity index (χ0n) is 10.8. The zero-order chi connectivity index (χ0) is 13.6. The smallest absolute Gasteiger partial charge is 0.154 e. The van der Waals surface area contributed by atoms with Crippen LogP contribution >= 0.6 is 0 Å². The van der Waals surface area contributed by atoms with E-state index in [9.17, 15) is 8.42 Å². The molecule has 19 heavy (non-hydrogen) atoms. The quantitative estimate of drug-likeness (QED) is 0.845. The number of nitrogen functional groups attached to an aromatic ring is 1. The molecule has 1 aromatic carbocycles. The molecule has 1 saturated heterocycles. The van der Waals surface area contributed by atoms with Crippen LogP contribution in [0.1, 0.15) is 18.7 Å². The Kier molecular flexibility index (Phi) is 2.78. The fourth-order valence-corrected chi connectivity index (χ4v) is 4.57. The highest BCUT2D eigenvalue weighted by Gasteiger charge is 2.32. The molecule has 5 nitrogen and oxygen atoms in total. The summed E-state index contributed by atoms with van der Waals surface area (Å²) in [5.41, 5.74) is 8.20. The summed E-state index contributed by atoms with van der Waals surface area (Å²) >= 11 is 0. The second-order valence-corrected chi connectivity index (χ2v) is 7.55. The third kappa shape index (κ3) is 2.10. The van der Waals surface area contributed by atoms with Crippen LogP contribution in [0.3, 0.4) is 0 Å². The van der Waals surface area contributed by atoms with Gasteiger partial charge in [0.2, 0.25) is 0 Å². The maximum Gasteiger partial charge on any atom is 0.154 e. The number of imidazole rings is 1. The summed E-state index contributed by atoms with van der Waals surface area (Å²) in [6, 6.07) is 5.55. The number of hydrogen-bond donors (Lipinski definition) is 1.